The second kappa shape index (κ2) is 8.86. The Morgan fingerprint density at radius 2 is 1.78 bits per heavy atom. The molecule has 0 aliphatic heterocycles. The number of amides is 1. The molecule has 0 radical (unpaired) electrons. The highest BCUT2D eigenvalue weighted by molar-refractivity contribution is 7.98. The Balaban J connectivity index is 1.96. The summed E-state index contributed by atoms with van der Waals surface area (Å²) in [5, 5.41) is 8.38. The number of anilines is 1. The van der Waals surface area contributed by atoms with Gasteiger partial charge < -0.3 is 5.32 Å². The zero-order chi connectivity index (χ0) is 19.2. The van der Waals surface area contributed by atoms with Crippen molar-refractivity contribution < 1.29 is 4.79 Å². The van der Waals surface area contributed by atoms with Gasteiger partial charge in [0.25, 0.3) is 11.5 Å². The third-order valence-electron chi connectivity index (χ3n) is 4.40. The number of nitrogens with zero attached hydrogens (tertiary/aromatic N) is 2. The van der Waals surface area contributed by atoms with Gasteiger partial charge >= 0.3 is 0 Å². The molecule has 5 nitrogen and oxygen atoms in total. The molecule has 27 heavy (non-hydrogen) atoms. The molecule has 3 rings (SSSR count). The maximum absolute atomic E-state index is 12.9. The van der Waals surface area contributed by atoms with Crippen LogP contribution in [0.2, 0.25) is 0 Å². The SMILES string of the molecule is CCCCCn1nc(C(=O)Nc2ccc(SC)cc2)c2ccccc2c1=O. The Labute approximate surface area is 162 Å². The Hall–Kier alpha value is -2.60. The van der Waals surface area contributed by atoms with Gasteiger partial charge in [-0.15, -0.1) is 11.8 Å². The summed E-state index contributed by atoms with van der Waals surface area (Å²) in [6.07, 6.45) is 4.94. The Bertz CT molecular complexity index is 996. The average Bonchev–Trinajstić information content (AvgIpc) is 2.70. The maximum Gasteiger partial charge on any atom is 0.276 e. The van der Waals surface area contributed by atoms with Crippen molar-refractivity contribution in [1.82, 2.24) is 9.78 Å². The van der Waals surface area contributed by atoms with E-state index in [2.05, 4.69) is 17.3 Å². The van der Waals surface area contributed by atoms with E-state index in [1.54, 1.807) is 23.9 Å². The van der Waals surface area contributed by atoms with Crippen LogP contribution in [0.25, 0.3) is 10.8 Å². The lowest BCUT2D eigenvalue weighted by molar-refractivity contribution is 0.102. The first kappa shape index (κ1) is 19.2. The van der Waals surface area contributed by atoms with Gasteiger partial charge in [0.05, 0.1) is 5.39 Å². The second-order valence-corrected chi connectivity index (χ2v) is 7.19. The van der Waals surface area contributed by atoms with Crippen LogP contribution in [0.4, 0.5) is 5.69 Å². The third kappa shape index (κ3) is 4.39. The molecule has 0 spiro atoms. The van der Waals surface area contributed by atoms with Crippen LogP contribution in [0.5, 0.6) is 0 Å². The molecular weight excluding hydrogens is 358 g/mol. The summed E-state index contributed by atoms with van der Waals surface area (Å²) in [5.41, 5.74) is 0.825. The lowest BCUT2D eigenvalue weighted by Crippen LogP contribution is -2.27. The van der Waals surface area contributed by atoms with E-state index >= 15 is 0 Å². The van der Waals surface area contributed by atoms with E-state index in [1.807, 2.05) is 42.7 Å². The molecule has 0 bridgehead atoms. The fourth-order valence-electron chi connectivity index (χ4n) is 2.93. The smallest absolute Gasteiger partial charge is 0.276 e. The van der Waals surface area contributed by atoms with Crippen LogP contribution in [-0.4, -0.2) is 21.9 Å². The zero-order valence-corrected chi connectivity index (χ0v) is 16.4. The number of rotatable bonds is 7. The van der Waals surface area contributed by atoms with E-state index < -0.39 is 0 Å². The summed E-state index contributed by atoms with van der Waals surface area (Å²) in [4.78, 5) is 26.7. The number of nitrogens with one attached hydrogen (secondary N) is 1. The molecule has 0 fully saturated rings. The van der Waals surface area contributed by atoms with Gasteiger partial charge in [-0.2, -0.15) is 5.10 Å². The lowest BCUT2D eigenvalue weighted by atomic mass is 10.1. The Morgan fingerprint density at radius 1 is 1.07 bits per heavy atom. The summed E-state index contributed by atoms with van der Waals surface area (Å²) in [7, 11) is 0. The lowest BCUT2D eigenvalue weighted by Gasteiger charge is -2.11. The van der Waals surface area contributed by atoms with E-state index in [4.69, 9.17) is 0 Å². The minimum Gasteiger partial charge on any atom is -0.321 e. The fraction of sp³-hybridized carbons (Fsp3) is 0.286. The number of fused-ring (bicyclic) bond motifs is 1. The minimum absolute atomic E-state index is 0.150. The summed E-state index contributed by atoms with van der Waals surface area (Å²) in [6.45, 7) is 2.62. The second-order valence-electron chi connectivity index (χ2n) is 6.31. The first-order valence-corrected chi connectivity index (χ1v) is 10.3. The van der Waals surface area contributed by atoms with Crippen molar-refractivity contribution in [2.24, 2.45) is 0 Å². The van der Waals surface area contributed by atoms with Crippen molar-refractivity contribution >= 4 is 34.1 Å². The van der Waals surface area contributed by atoms with Gasteiger partial charge in [-0.1, -0.05) is 38.0 Å². The van der Waals surface area contributed by atoms with Crippen LogP contribution in [0.1, 0.15) is 36.7 Å². The molecular formula is C21H23N3O2S. The number of unbranched alkanes of at least 4 members (excludes halogenated alkanes) is 2. The molecule has 0 saturated heterocycles. The Kier molecular flexibility index (Phi) is 6.29. The number of hydrogen-bond acceptors (Lipinski definition) is 4. The summed E-state index contributed by atoms with van der Waals surface area (Å²) in [5.74, 6) is -0.313. The molecule has 2 aromatic carbocycles. The van der Waals surface area contributed by atoms with E-state index in [9.17, 15) is 9.59 Å². The molecule has 0 unspecified atom stereocenters. The van der Waals surface area contributed by atoms with Gasteiger partial charge in [0.15, 0.2) is 5.69 Å². The van der Waals surface area contributed by atoms with E-state index in [1.165, 1.54) is 4.68 Å². The fourth-order valence-corrected chi connectivity index (χ4v) is 3.34. The van der Waals surface area contributed by atoms with Crippen LogP contribution >= 0.6 is 11.8 Å². The molecule has 0 aliphatic carbocycles. The number of aromatic nitrogens is 2. The van der Waals surface area contributed by atoms with Crippen molar-refractivity contribution in [3.05, 3.63) is 64.6 Å². The van der Waals surface area contributed by atoms with Gasteiger partial charge in [-0.05, 0) is 43.0 Å². The highest BCUT2D eigenvalue weighted by Gasteiger charge is 2.16. The molecule has 1 aromatic heterocycles. The van der Waals surface area contributed by atoms with Gasteiger partial charge in [-0.25, -0.2) is 4.68 Å². The molecule has 1 heterocycles. The van der Waals surface area contributed by atoms with Gasteiger partial charge in [-0.3, -0.25) is 9.59 Å². The standard InChI is InChI=1S/C21H23N3O2S/c1-3-4-7-14-24-21(26)18-9-6-5-8-17(18)19(23-24)20(25)22-15-10-12-16(27-2)13-11-15/h5-6,8-13H,3-4,7,14H2,1-2H3,(H,22,25). The first-order chi connectivity index (χ1) is 13.1. The number of hydrogen-bond donors (Lipinski definition) is 1. The van der Waals surface area contributed by atoms with E-state index in [-0.39, 0.29) is 17.2 Å². The number of thioether (sulfide) groups is 1. The number of carbonyl (C=O) groups excluding carboxylic acids is 1. The van der Waals surface area contributed by atoms with Gasteiger partial charge in [0.2, 0.25) is 0 Å². The summed E-state index contributed by atoms with van der Waals surface area (Å²) < 4.78 is 1.42. The summed E-state index contributed by atoms with van der Waals surface area (Å²) >= 11 is 1.64. The van der Waals surface area contributed by atoms with E-state index in [0.29, 0.717) is 23.0 Å². The maximum atomic E-state index is 12.9. The van der Waals surface area contributed by atoms with Crippen LogP contribution in [0.15, 0.2) is 58.2 Å². The predicted octanol–water partition coefficient (Wildman–Crippen LogP) is 4.56. The van der Waals surface area contributed by atoms with Crippen LogP contribution < -0.4 is 10.9 Å². The zero-order valence-electron chi connectivity index (χ0n) is 15.6. The average molecular weight is 382 g/mol. The van der Waals surface area contributed by atoms with Crippen molar-refractivity contribution in [3.8, 4) is 0 Å². The van der Waals surface area contributed by atoms with Gasteiger partial charge in [0.1, 0.15) is 0 Å². The van der Waals surface area contributed by atoms with Crippen LogP contribution in [-0.2, 0) is 6.54 Å². The van der Waals surface area contributed by atoms with Crippen molar-refractivity contribution in [2.75, 3.05) is 11.6 Å². The largest absolute Gasteiger partial charge is 0.321 e. The van der Waals surface area contributed by atoms with Crippen LogP contribution in [0.3, 0.4) is 0 Å². The minimum atomic E-state index is -0.313. The molecule has 0 saturated carbocycles. The topological polar surface area (TPSA) is 64.0 Å². The summed E-state index contributed by atoms with van der Waals surface area (Å²) in [6, 6.07) is 14.8. The highest BCUT2D eigenvalue weighted by atomic mass is 32.2. The predicted molar refractivity (Wildman–Crippen MR) is 112 cm³/mol. The number of carbonyl (C=O) groups is 1. The normalized spacial score (nSPS) is 10.9. The molecule has 1 N–H and O–H groups in total. The Morgan fingerprint density at radius 3 is 2.44 bits per heavy atom. The molecule has 0 aliphatic rings. The molecule has 140 valence electrons. The number of benzene rings is 2. The molecule has 6 heteroatoms. The first-order valence-electron chi connectivity index (χ1n) is 9.09. The van der Waals surface area contributed by atoms with E-state index in [0.717, 1.165) is 24.2 Å². The monoisotopic (exact) mass is 381 g/mol. The molecule has 1 amide bonds. The highest BCUT2D eigenvalue weighted by Crippen LogP contribution is 2.19. The molecule has 0 atom stereocenters. The molecule has 3 aromatic rings. The van der Waals surface area contributed by atoms with Crippen molar-refractivity contribution in [2.45, 2.75) is 37.6 Å². The number of aryl methyl sites for hydroxylation is 1. The van der Waals surface area contributed by atoms with Crippen molar-refractivity contribution in [3.63, 3.8) is 0 Å². The van der Waals surface area contributed by atoms with Gasteiger partial charge in [0, 0.05) is 22.5 Å². The third-order valence-corrected chi connectivity index (χ3v) is 5.15. The van der Waals surface area contributed by atoms with Crippen molar-refractivity contribution in [1.29, 1.82) is 0 Å². The quantitative estimate of drug-likeness (QED) is 0.481. The van der Waals surface area contributed by atoms with Crippen LogP contribution in [0, 0.1) is 0 Å².